The number of amidine groups is 1. The number of benzene rings is 1. The molecule has 0 amide bonds. The Morgan fingerprint density at radius 2 is 1.81 bits per heavy atom. The highest BCUT2D eigenvalue weighted by molar-refractivity contribution is 6.02. The number of hydrogen-bond acceptors (Lipinski definition) is 4. The molecular formula is C21H25N3O2. The van der Waals surface area contributed by atoms with Gasteiger partial charge in [-0.15, -0.1) is 0 Å². The summed E-state index contributed by atoms with van der Waals surface area (Å²) in [5.74, 6) is 0.0963. The molecule has 2 aliphatic rings. The molecular weight excluding hydrogens is 326 g/mol. The minimum atomic E-state index is -0.354. The van der Waals surface area contributed by atoms with Gasteiger partial charge in [0, 0.05) is 35.7 Å². The van der Waals surface area contributed by atoms with Gasteiger partial charge in [-0.2, -0.15) is 0 Å². The molecule has 2 heterocycles. The van der Waals surface area contributed by atoms with Crippen LogP contribution in [0.25, 0.3) is 11.1 Å². The third kappa shape index (κ3) is 3.13. The number of rotatable bonds is 3. The van der Waals surface area contributed by atoms with Gasteiger partial charge >= 0.3 is 0 Å². The maximum Gasteiger partial charge on any atom is 0.168 e. The fraction of sp³-hybridized carbons (Fsp3) is 0.429. The van der Waals surface area contributed by atoms with Crippen LogP contribution in [-0.4, -0.2) is 29.8 Å². The third-order valence-corrected chi connectivity index (χ3v) is 5.55. The molecule has 1 saturated carbocycles. The number of aromatic nitrogens is 1. The maximum atomic E-state index is 7.99. The van der Waals surface area contributed by atoms with Crippen molar-refractivity contribution in [2.24, 2.45) is 5.73 Å². The molecule has 136 valence electrons. The first kappa shape index (κ1) is 17.2. The summed E-state index contributed by atoms with van der Waals surface area (Å²) >= 11 is 0. The quantitative estimate of drug-likeness (QED) is 0.652. The lowest BCUT2D eigenvalue weighted by Gasteiger charge is -2.35. The highest BCUT2D eigenvalue weighted by Crippen LogP contribution is 2.42. The minimum absolute atomic E-state index is 0.0655. The third-order valence-electron chi connectivity index (χ3n) is 5.55. The fourth-order valence-corrected chi connectivity index (χ4v) is 4.23. The first-order valence-electron chi connectivity index (χ1n) is 9.27. The van der Waals surface area contributed by atoms with E-state index < -0.39 is 0 Å². The Hall–Kier alpha value is -2.24. The molecule has 1 aromatic carbocycles. The van der Waals surface area contributed by atoms with E-state index in [0.717, 1.165) is 53.8 Å². The summed E-state index contributed by atoms with van der Waals surface area (Å²) in [6.07, 6.45) is 3.82. The Labute approximate surface area is 154 Å². The smallest absolute Gasteiger partial charge is 0.168 e. The van der Waals surface area contributed by atoms with E-state index in [0.29, 0.717) is 19.1 Å². The van der Waals surface area contributed by atoms with Gasteiger partial charge in [0.15, 0.2) is 5.79 Å². The lowest BCUT2D eigenvalue weighted by atomic mass is 9.82. The Kier molecular flexibility index (Phi) is 4.51. The van der Waals surface area contributed by atoms with Crippen molar-refractivity contribution in [3.05, 3.63) is 53.3 Å². The van der Waals surface area contributed by atoms with Crippen molar-refractivity contribution < 1.29 is 9.47 Å². The van der Waals surface area contributed by atoms with E-state index in [4.69, 9.17) is 25.6 Å². The molecule has 4 rings (SSSR count). The normalized spacial score (nSPS) is 19.7. The van der Waals surface area contributed by atoms with E-state index in [1.807, 2.05) is 25.1 Å². The van der Waals surface area contributed by atoms with Crippen LogP contribution >= 0.6 is 0 Å². The lowest BCUT2D eigenvalue weighted by Crippen LogP contribution is -2.34. The van der Waals surface area contributed by atoms with Gasteiger partial charge in [-0.05, 0) is 37.0 Å². The Morgan fingerprint density at radius 1 is 1.15 bits per heavy atom. The number of nitrogen functional groups attached to an aromatic ring is 1. The largest absolute Gasteiger partial charge is 0.384 e. The van der Waals surface area contributed by atoms with Crippen LogP contribution in [-0.2, 0) is 9.47 Å². The SMILES string of the molecule is Cc1nc(C2CCC3(CC2)OCCO3)cc(-c2ccccc2)c1C(=N)N. The van der Waals surface area contributed by atoms with Gasteiger partial charge in [0.05, 0.1) is 13.2 Å². The molecule has 3 N–H and O–H groups in total. The summed E-state index contributed by atoms with van der Waals surface area (Å²) in [7, 11) is 0. The molecule has 26 heavy (non-hydrogen) atoms. The zero-order valence-electron chi connectivity index (χ0n) is 15.1. The molecule has 1 aromatic heterocycles. The molecule has 2 aromatic rings. The van der Waals surface area contributed by atoms with E-state index in [1.165, 1.54) is 0 Å². The second kappa shape index (κ2) is 6.82. The number of hydrogen-bond donors (Lipinski definition) is 2. The van der Waals surface area contributed by atoms with Crippen LogP contribution in [0, 0.1) is 12.3 Å². The van der Waals surface area contributed by atoms with Gasteiger partial charge in [-0.25, -0.2) is 0 Å². The van der Waals surface area contributed by atoms with Gasteiger partial charge in [-0.3, -0.25) is 10.4 Å². The van der Waals surface area contributed by atoms with Gasteiger partial charge in [0.25, 0.3) is 0 Å². The Morgan fingerprint density at radius 3 is 2.42 bits per heavy atom. The number of ether oxygens (including phenoxy) is 2. The number of nitrogens with zero attached hydrogens (tertiary/aromatic N) is 1. The average molecular weight is 351 g/mol. The van der Waals surface area contributed by atoms with Crippen molar-refractivity contribution >= 4 is 5.84 Å². The van der Waals surface area contributed by atoms with Crippen LogP contribution in [0.5, 0.6) is 0 Å². The lowest BCUT2D eigenvalue weighted by molar-refractivity contribution is -0.178. The van der Waals surface area contributed by atoms with Crippen LogP contribution < -0.4 is 5.73 Å². The summed E-state index contributed by atoms with van der Waals surface area (Å²) in [5, 5.41) is 7.99. The summed E-state index contributed by atoms with van der Waals surface area (Å²) < 4.78 is 11.7. The predicted octanol–water partition coefficient (Wildman–Crippen LogP) is 3.74. The van der Waals surface area contributed by atoms with E-state index in [-0.39, 0.29) is 11.6 Å². The van der Waals surface area contributed by atoms with E-state index >= 15 is 0 Å². The monoisotopic (exact) mass is 351 g/mol. The highest BCUT2D eigenvalue weighted by atomic mass is 16.7. The first-order valence-corrected chi connectivity index (χ1v) is 9.27. The van der Waals surface area contributed by atoms with Crippen LogP contribution in [0.3, 0.4) is 0 Å². The molecule has 5 heteroatoms. The molecule has 0 unspecified atom stereocenters. The minimum Gasteiger partial charge on any atom is -0.384 e. The summed E-state index contributed by atoms with van der Waals surface area (Å²) in [6, 6.07) is 12.2. The van der Waals surface area contributed by atoms with Crippen molar-refractivity contribution in [2.45, 2.75) is 44.3 Å². The van der Waals surface area contributed by atoms with E-state index in [1.54, 1.807) is 0 Å². The molecule has 1 aliphatic carbocycles. The molecule has 0 atom stereocenters. The molecule has 1 saturated heterocycles. The first-order chi connectivity index (χ1) is 12.6. The van der Waals surface area contributed by atoms with Gasteiger partial charge in [-0.1, -0.05) is 30.3 Å². The van der Waals surface area contributed by atoms with Crippen molar-refractivity contribution in [3.63, 3.8) is 0 Å². The fourth-order valence-electron chi connectivity index (χ4n) is 4.23. The topological polar surface area (TPSA) is 81.2 Å². The average Bonchev–Trinajstić information content (AvgIpc) is 3.10. The van der Waals surface area contributed by atoms with Crippen molar-refractivity contribution in [1.29, 1.82) is 5.41 Å². The molecule has 2 fully saturated rings. The predicted molar refractivity (Wildman–Crippen MR) is 101 cm³/mol. The highest BCUT2D eigenvalue weighted by Gasteiger charge is 2.41. The van der Waals surface area contributed by atoms with Crippen LogP contribution in [0.2, 0.25) is 0 Å². The van der Waals surface area contributed by atoms with Crippen molar-refractivity contribution in [1.82, 2.24) is 4.98 Å². The van der Waals surface area contributed by atoms with E-state index in [2.05, 4.69) is 18.2 Å². The molecule has 0 bridgehead atoms. The number of aryl methyl sites for hydroxylation is 1. The van der Waals surface area contributed by atoms with Crippen molar-refractivity contribution in [2.75, 3.05) is 13.2 Å². The Balaban J connectivity index is 1.67. The molecule has 5 nitrogen and oxygen atoms in total. The summed E-state index contributed by atoms with van der Waals surface area (Å²) in [5.41, 5.74) is 10.6. The number of pyridine rings is 1. The Bertz CT molecular complexity index is 804. The van der Waals surface area contributed by atoms with Crippen LogP contribution in [0.4, 0.5) is 0 Å². The van der Waals surface area contributed by atoms with Crippen molar-refractivity contribution in [3.8, 4) is 11.1 Å². The summed E-state index contributed by atoms with van der Waals surface area (Å²) in [4.78, 5) is 4.82. The maximum absolute atomic E-state index is 7.99. The summed E-state index contributed by atoms with van der Waals surface area (Å²) in [6.45, 7) is 3.35. The molecule has 1 aliphatic heterocycles. The standard InChI is InChI=1S/C21H25N3O2/c1-14-19(20(22)23)17(15-5-3-2-4-6-15)13-18(24-14)16-7-9-21(10-8-16)25-11-12-26-21/h2-6,13,16H,7-12H2,1H3,(H3,22,23). The second-order valence-corrected chi connectivity index (χ2v) is 7.22. The zero-order valence-corrected chi connectivity index (χ0v) is 15.1. The second-order valence-electron chi connectivity index (χ2n) is 7.22. The zero-order chi connectivity index (χ0) is 18.1. The van der Waals surface area contributed by atoms with E-state index in [9.17, 15) is 0 Å². The van der Waals surface area contributed by atoms with Crippen LogP contribution in [0.1, 0.15) is 48.6 Å². The van der Waals surface area contributed by atoms with Gasteiger partial charge in [0.1, 0.15) is 5.84 Å². The molecule has 0 radical (unpaired) electrons. The van der Waals surface area contributed by atoms with Crippen LogP contribution in [0.15, 0.2) is 36.4 Å². The van der Waals surface area contributed by atoms with Gasteiger partial charge in [0.2, 0.25) is 0 Å². The van der Waals surface area contributed by atoms with Gasteiger partial charge < -0.3 is 15.2 Å². The molecule has 1 spiro atoms. The number of nitrogens with two attached hydrogens (primary N) is 1. The number of nitrogens with one attached hydrogen (secondary N) is 1.